The van der Waals surface area contributed by atoms with Crippen molar-refractivity contribution in [2.75, 3.05) is 0 Å². The van der Waals surface area contributed by atoms with Crippen LogP contribution in [0.25, 0.3) is 5.52 Å². The predicted molar refractivity (Wildman–Crippen MR) is 43.7 cm³/mol. The minimum Gasteiger partial charge on any atom is -0.364 e. The van der Waals surface area contributed by atoms with Crippen LogP contribution in [0, 0.1) is 0 Å². The lowest BCUT2D eigenvalue weighted by Crippen LogP contribution is -2.11. The fraction of sp³-hybridized carbons (Fsp3) is 0. The Balaban J connectivity index is 2.70. The average molecular weight is 161 g/mol. The van der Waals surface area contributed by atoms with Gasteiger partial charge in [-0.15, -0.1) is 0 Å². The van der Waals surface area contributed by atoms with Crippen LogP contribution in [0.2, 0.25) is 0 Å². The molecule has 0 aliphatic heterocycles. The van der Waals surface area contributed by atoms with E-state index in [2.05, 4.69) is 5.10 Å². The van der Waals surface area contributed by atoms with Gasteiger partial charge in [0.2, 0.25) is 0 Å². The lowest BCUT2D eigenvalue weighted by Gasteiger charge is -1.87. The van der Waals surface area contributed by atoms with Crippen LogP contribution >= 0.6 is 0 Å². The number of hydrogen-bond donors (Lipinski definition) is 1. The summed E-state index contributed by atoms with van der Waals surface area (Å²) in [7, 11) is 0. The van der Waals surface area contributed by atoms with E-state index < -0.39 is 5.91 Å². The summed E-state index contributed by atoms with van der Waals surface area (Å²) in [6, 6.07) is 7.23. The van der Waals surface area contributed by atoms with Gasteiger partial charge in [0.1, 0.15) is 0 Å². The number of carbonyl (C=O) groups is 1. The lowest BCUT2D eigenvalue weighted by molar-refractivity contribution is 0.0995. The molecule has 4 nitrogen and oxygen atoms in total. The van der Waals surface area contributed by atoms with Crippen LogP contribution < -0.4 is 5.73 Å². The third kappa shape index (κ3) is 0.934. The molecular formula is C8H7N3O. The van der Waals surface area contributed by atoms with E-state index in [4.69, 9.17) is 5.73 Å². The third-order valence-electron chi connectivity index (χ3n) is 1.62. The van der Waals surface area contributed by atoms with Gasteiger partial charge in [-0.25, -0.2) is 4.52 Å². The smallest absolute Gasteiger partial charge is 0.269 e. The minimum atomic E-state index is -0.501. The topological polar surface area (TPSA) is 60.4 Å². The maximum Gasteiger partial charge on any atom is 0.269 e. The molecule has 0 bridgehead atoms. The highest BCUT2D eigenvalue weighted by molar-refractivity contribution is 5.92. The van der Waals surface area contributed by atoms with Gasteiger partial charge in [0.25, 0.3) is 5.91 Å². The number of pyridine rings is 1. The van der Waals surface area contributed by atoms with E-state index >= 15 is 0 Å². The summed E-state index contributed by atoms with van der Waals surface area (Å²) in [5, 5.41) is 3.95. The molecule has 0 unspecified atom stereocenters. The van der Waals surface area contributed by atoms with Gasteiger partial charge in [-0.3, -0.25) is 4.79 Å². The van der Waals surface area contributed by atoms with Crippen LogP contribution in [0.15, 0.2) is 30.5 Å². The highest BCUT2D eigenvalue weighted by Crippen LogP contribution is 2.04. The summed E-state index contributed by atoms with van der Waals surface area (Å²) in [5.74, 6) is -0.501. The van der Waals surface area contributed by atoms with Gasteiger partial charge < -0.3 is 5.73 Å². The molecule has 0 aromatic carbocycles. The van der Waals surface area contributed by atoms with Crippen LogP contribution in [0.5, 0.6) is 0 Å². The first-order valence-electron chi connectivity index (χ1n) is 3.51. The second-order valence-electron chi connectivity index (χ2n) is 2.46. The molecule has 0 saturated heterocycles. The number of aromatic nitrogens is 2. The monoisotopic (exact) mass is 161 g/mol. The molecule has 0 atom stereocenters. The standard InChI is InChI=1S/C8H7N3O/c9-8(12)7-5-6-3-1-2-4-11(6)10-7/h1-5H,(H2,9,12). The highest BCUT2D eigenvalue weighted by atomic mass is 16.1. The Morgan fingerprint density at radius 3 is 3.00 bits per heavy atom. The van der Waals surface area contributed by atoms with Gasteiger partial charge in [-0.2, -0.15) is 5.10 Å². The van der Waals surface area contributed by atoms with E-state index in [9.17, 15) is 4.79 Å². The predicted octanol–water partition coefficient (Wildman–Crippen LogP) is 0.433. The summed E-state index contributed by atoms with van der Waals surface area (Å²) >= 11 is 0. The van der Waals surface area contributed by atoms with Crippen molar-refractivity contribution in [1.29, 1.82) is 0 Å². The molecule has 2 aromatic heterocycles. The van der Waals surface area contributed by atoms with E-state index in [0.29, 0.717) is 5.69 Å². The molecule has 1 amide bonds. The van der Waals surface area contributed by atoms with Crippen molar-refractivity contribution in [2.24, 2.45) is 5.73 Å². The van der Waals surface area contributed by atoms with E-state index in [-0.39, 0.29) is 0 Å². The highest BCUT2D eigenvalue weighted by Gasteiger charge is 2.04. The van der Waals surface area contributed by atoms with Gasteiger partial charge >= 0.3 is 0 Å². The fourth-order valence-electron chi connectivity index (χ4n) is 1.06. The molecular weight excluding hydrogens is 154 g/mol. The van der Waals surface area contributed by atoms with Crippen molar-refractivity contribution in [1.82, 2.24) is 9.61 Å². The van der Waals surface area contributed by atoms with Crippen LogP contribution in [0.3, 0.4) is 0 Å². The summed E-state index contributed by atoms with van der Waals surface area (Å²) in [5.41, 5.74) is 6.22. The Hall–Kier alpha value is -1.84. The summed E-state index contributed by atoms with van der Waals surface area (Å²) in [6.07, 6.45) is 1.77. The first kappa shape index (κ1) is 6.84. The Morgan fingerprint density at radius 2 is 2.33 bits per heavy atom. The molecule has 2 rings (SSSR count). The molecule has 4 heteroatoms. The number of rotatable bonds is 1. The third-order valence-corrected chi connectivity index (χ3v) is 1.62. The number of primary amides is 1. The first-order chi connectivity index (χ1) is 5.77. The summed E-state index contributed by atoms with van der Waals surface area (Å²) in [6.45, 7) is 0. The van der Waals surface area contributed by atoms with Crippen LogP contribution in [-0.2, 0) is 0 Å². The molecule has 60 valence electrons. The van der Waals surface area contributed by atoms with Gasteiger partial charge in [-0.05, 0) is 18.2 Å². The van der Waals surface area contributed by atoms with Gasteiger partial charge in [0, 0.05) is 6.20 Å². The number of nitrogens with two attached hydrogens (primary N) is 1. The van der Waals surface area contributed by atoms with E-state index in [1.54, 1.807) is 16.8 Å². The van der Waals surface area contributed by atoms with Gasteiger partial charge in [-0.1, -0.05) is 6.07 Å². The lowest BCUT2D eigenvalue weighted by atomic mass is 10.3. The molecule has 2 N–H and O–H groups in total. The van der Waals surface area contributed by atoms with Crippen molar-refractivity contribution in [3.63, 3.8) is 0 Å². The maximum absolute atomic E-state index is 10.7. The zero-order chi connectivity index (χ0) is 8.55. The largest absolute Gasteiger partial charge is 0.364 e. The molecule has 0 aliphatic carbocycles. The second-order valence-corrected chi connectivity index (χ2v) is 2.46. The zero-order valence-electron chi connectivity index (χ0n) is 6.27. The first-order valence-corrected chi connectivity index (χ1v) is 3.51. The maximum atomic E-state index is 10.7. The van der Waals surface area contributed by atoms with E-state index in [0.717, 1.165) is 5.52 Å². The molecule has 0 fully saturated rings. The zero-order valence-corrected chi connectivity index (χ0v) is 6.27. The molecule has 2 heterocycles. The second kappa shape index (κ2) is 2.34. The fourth-order valence-corrected chi connectivity index (χ4v) is 1.06. The molecule has 0 aliphatic rings. The molecule has 0 spiro atoms. The van der Waals surface area contributed by atoms with Crippen LogP contribution in [-0.4, -0.2) is 15.5 Å². The Morgan fingerprint density at radius 1 is 1.50 bits per heavy atom. The van der Waals surface area contributed by atoms with Crippen molar-refractivity contribution >= 4 is 11.4 Å². The number of carbonyl (C=O) groups excluding carboxylic acids is 1. The van der Waals surface area contributed by atoms with Gasteiger partial charge in [0.15, 0.2) is 5.69 Å². The molecule has 12 heavy (non-hydrogen) atoms. The number of amides is 1. The molecule has 2 aromatic rings. The Bertz CT molecular complexity index is 400. The normalized spacial score (nSPS) is 10.3. The summed E-state index contributed by atoms with van der Waals surface area (Å²) < 4.78 is 1.61. The summed E-state index contributed by atoms with van der Waals surface area (Å²) in [4.78, 5) is 10.7. The Kier molecular flexibility index (Phi) is 1.33. The van der Waals surface area contributed by atoms with Crippen molar-refractivity contribution in [3.05, 3.63) is 36.2 Å². The number of hydrogen-bond acceptors (Lipinski definition) is 2. The van der Waals surface area contributed by atoms with E-state index in [1.165, 1.54) is 0 Å². The Labute approximate surface area is 68.6 Å². The molecule has 0 radical (unpaired) electrons. The van der Waals surface area contributed by atoms with Crippen molar-refractivity contribution < 1.29 is 4.79 Å². The SMILES string of the molecule is NC(=O)c1cc2ccccn2n1. The average Bonchev–Trinajstić information content (AvgIpc) is 2.46. The van der Waals surface area contributed by atoms with Crippen molar-refractivity contribution in [2.45, 2.75) is 0 Å². The van der Waals surface area contributed by atoms with E-state index in [1.807, 2.05) is 18.2 Å². The van der Waals surface area contributed by atoms with Crippen LogP contribution in [0.1, 0.15) is 10.5 Å². The van der Waals surface area contributed by atoms with Gasteiger partial charge in [0.05, 0.1) is 5.52 Å². The van der Waals surface area contributed by atoms with Crippen LogP contribution in [0.4, 0.5) is 0 Å². The number of fused-ring (bicyclic) bond motifs is 1. The quantitative estimate of drug-likeness (QED) is 0.659. The number of nitrogens with zero attached hydrogens (tertiary/aromatic N) is 2. The molecule has 0 saturated carbocycles. The minimum absolute atomic E-state index is 0.293. The van der Waals surface area contributed by atoms with Crippen molar-refractivity contribution in [3.8, 4) is 0 Å².